The summed E-state index contributed by atoms with van der Waals surface area (Å²) in [6, 6.07) is 13.0. The topological polar surface area (TPSA) is 78.0 Å². The van der Waals surface area contributed by atoms with Crippen LogP contribution in [-0.2, 0) is 5.60 Å². The molecule has 0 radical (unpaired) electrons. The number of H-pyrrole nitrogens is 1. The normalized spacial score (nSPS) is 29.5. The van der Waals surface area contributed by atoms with Gasteiger partial charge in [0.15, 0.2) is 0 Å². The highest BCUT2D eigenvalue weighted by Crippen LogP contribution is 2.60. The number of hydrogen-bond acceptors (Lipinski definition) is 3. The third kappa shape index (κ3) is 2.42. The van der Waals surface area contributed by atoms with E-state index in [0.717, 1.165) is 16.5 Å². The van der Waals surface area contributed by atoms with E-state index in [2.05, 4.69) is 15.5 Å². The average Bonchev–Trinajstić information content (AvgIpc) is 3.01. The lowest BCUT2D eigenvalue weighted by molar-refractivity contribution is 0.0293. The van der Waals surface area contributed by atoms with Gasteiger partial charge < -0.3 is 10.4 Å². The van der Waals surface area contributed by atoms with Gasteiger partial charge in [-0.2, -0.15) is 5.10 Å². The van der Waals surface area contributed by atoms with Gasteiger partial charge in [-0.25, -0.2) is 0 Å². The van der Waals surface area contributed by atoms with Crippen molar-refractivity contribution in [2.75, 3.05) is 0 Å². The summed E-state index contributed by atoms with van der Waals surface area (Å²) in [7, 11) is 0. The summed E-state index contributed by atoms with van der Waals surface area (Å²) >= 11 is 6.22. The number of nitrogens with zero attached hydrogens (tertiary/aromatic N) is 1. The second-order valence-electron chi connectivity index (χ2n) is 7.42. The summed E-state index contributed by atoms with van der Waals surface area (Å²) in [5, 5.41) is 22.8. The van der Waals surface area contributed by atoms with Gasteiger partial charge in [0.25, 0.3) is 5.91 Å². The first-order valence-corrected chi connectivity index (χ1v) is 9.14. The number of amides is 1. The van der Waals surface area contributed by atoms with E-state index in [9.17, 15) is 9.90 Å². The quantitative estimate of drug-likeness (QED) is 0.665. The van der Waals surface area contributed by atoms with Crippen molar-refractivity contribution in [1.29, 1.82) is 0 Å². The SMILES string of the molecule is O=C(NC1C2CC(O)(c3cc(Cl)cc4[nH]ncc34)CC21)c1ccccc1. The largest absolute Gasteiger partial charge is 0.385 e. The molecule has 0 aliphatic heterocycles. The molecule has 1 amide bonds. The molecule has 0 saturated heterocycles. The number of carbonyl (C=O) groups excluding carboxylic acids is 1. The van der Waals surface area contributed by atoms with Crippen molar-refractivity contribution in [3.63, 3.8) is 0 Å². The maximum absolute atomic E-state index is 12.3. The van der Waals surface area contributed by atoms with E-state index in [1.54, 1.807) is 6.20 Å². The molecular formula is C20H18ClN3O2. The van der Waals surface area contributed by atoms with Gasteiger partial charge in [-0.05, 0) is 54.5 Å². The summed E-state index contributed by atoms with van der Waals surface area (Å²) in [6.45, 7) is 0. The molecule has 6 heteroatoms. The molecule has 2 aromatic carbocycles. The first kappa shape index (κ1) is 15.9. The molecule has 0 bridgehead atoms. The Kier molecular flexibility index (Phi) is 3.39. The number of aromatic nitrogens is 2. The van der Waals surface area contributed by atoms with Crippen LogP contribution in [0.2, 0.25) is 5.02 Å². The van der Waals surface area contributed by atoms with Crippen molar-refractivity contribution >= 4 is 28.4 Å². The van der Waals surface area contributed by atoms with E-state index in [1.807, 2.05) is 42.5 Å². The Bertz CT molecular complexity index is 989. The molecule has 26 heavy (non-hydrogen) atoms. The van der Waals surface area contributed by atoms with Crippen LogP contribution in [0.4, 0.5) is 0 Å². The number of aliphatic hydroxyl groups is 1. The van der Waals surface area contributed by atoms with E-state index < -0.39 is 5.60 Å². The summed E-state index contributed by atoms with van der Waals surface area (Å²) in [5.74, 6) is 0.552. The van der Waals surface area contributed by atoms with Crippen molar-refractivity contribution in [3.05, 3.63) is 64.8 Å². The Labute approximate surface area is 155 Å². The fourth-order valence-corrected chi connectivity index (χ4v) is 4.74. The first-order valence-electron chi connectivity index (χ1n) is 8.76. The van der Waals surface area contributed by atoms with Crippen LogP contribution in [0.3, 0.4) is 0 Å². The monoisotopic (exact) mass is 367 g/mol. The molecule has 5 rings (SSSR count). The zero-order chi connectivity index (χ0) is 17.9. The van der Waals surface area contributed by atoms with Crippen LogP contribution in [-0.4, -0.2) is 27.3 Å². The minimum absolute atomic E-state index is 0.0477. The average molecular weight is 368 g/mol. The summed E-state index contributed by atoms with van der Waals surface area (Å²) in [6.07, 6.45) is 2.98. The number of carbonyl (C=O) groups is 1. The van der Waals surface area contributed by atoms with E-state index in [-0.39, 0.29) is 11.9 Å². The molecule has 2 atom stereocenters. The molecule has 0 spiro atoms. The van der Waals surface area contributed by atoms with Gasteiger partial charge in [0, 0.05) is 22.0 Å². The fraction of sp³-hybridized carbons (Fsp3) is 0.300. The van der Waals surface area contributed by atoms with E-state index in [4.69, 9.17) is 11.6 Å². The van der Waals surface area contributed by atoms with Crippen LogP contribution in [0, 0.1) is 11.8 Å². The second kappa shape index (κ2) is 5.56. The van der Waals surface area contributed by atoms with Crippen LogP contribution in [0.15, 0.2) is 48.7 Å². The van der Waals surface area contributed by atoms with Crippen molar-refractivity contribution in [3.8, 4) is 0 Å². The molecule has 2 aliphatic carbocycles. The lowest BCUT2D eigenvalue weighted by Crippen LogP contribution is -2.33. The van der Waals surface area contributed by atoms with Crippen molar-refractivity contribution < 1.29 is 9.90 Å². The van der Waals surface area contributed by atoms with Crippen LogP contribution >= 0.6 is 11.6 Å². The Morgan fingerprint density at radius 1 is 1.23 bits per heavy atom. The van der Waals surface area contributed by atoms with Gasteiger partial charge >= 0.3 is 0 Å². The van der Waals surface area contributed by atoms with Crippen molar-refractivity contribution in [1.82, 2.24) is 15.5 Å². The van der Waals surface area contributed by atoms with Gasteiger partial charge in [-0.15, -0.1) is 0 Å². The Morgan fingerprint density at radius 3 is 2.69 bits per heavy atom. The molecule has 1 heterocycles. The maximum atomic E-state index is 12.3. The lowest BCUT2D eigenvalue weighted by Gasteiger charge is -2.27. The van der Waals surface area contributed by atoms with Crippen LogP contribution < -0.4 is 5.32 Å². The number of fused-ring (bicyclic) bond motifs is 2. The van der Waals surface area contributed by atoms with Crippen molar-refractivity contribution in [2.24, 2.45) is 11.8 Å². The van der Waals surface area contributed by atoms with Gasteiger partial charge in [-0.1, -0.05) is 29.8 Å². The Hall–Kier alpha value is -2.37. The molecule has 1 aromatic heterocycles. The van der Waals surface area contributed by atoms with Gasteiger partial charge in [0.05, 0.1) is 17.3 Å². The molecule has 2 unspecified atom stereocenters. The lowest BCUT2D eigenvalue weighted by atomic mass is 9.86. The number of benzene rings is 2. The number of hydrogen-bond donors (Lipinski definition) is 3. The van der Waals surface area contributed by atoms with Gasteiger partial charge in [0.1, 0.15) is 0 Å². The van der Waals surface area contributed by atoms with E-state index in [1.165, 1.54) is 0 Å². The highest BCUT2D eigenvalue weighted by atomic mass is 35.5. The smallest absolute Gasteiger partial charge is 0.251 e. The predicted molar refractivity (Wildman–Crippen MR) is 98.9 cm³/mol. The minimum atomic E-state index is -0.920. The van der Waals surface area contributed by atoms with Crippen LogP contribution in [0.1, 0.15) is 28.8 Å². The number of nitrogens with one attached hydrogen (secondary N) is 2. The summed E-state index contributed by atoms with van der Waals surface area (Å²) in [5.41, 5.74) is 1.41. The molecule has 132 valence electrons. The molecular weight excluding hydrogens is 350 g/mol. The molecule has 3 N–H and O–H groups in total. The third-order valence-corrected chi connectivity index (χ3v) is 6.06. The Balaban J connectivity index is 1.34. The third-order valence-electron chi connectivity index (χ3n) is 5.84. The predicted octanol–water partition coefficient (Wildman–Crippen LogP) is 3.24. The van der Waals surface area contributed by atoms with Gasteiger partial charge in [0.2, 0.25) is 0 Å². The molecule has 2 aliphatic rings. The molecule has 3 aromatic rings. The van der Waals surface area contributed by atoms with Crippen LogP contribution in [0.5, 0.6) is 0 Å². The van der Waals surface area contributed by atoms with E-state index in [0.29, 0.717) is 35.3 Å². The highest BCUT2D eigenvalue weighted by Gasteiger charge is 2.62. The molecule has 2 fully saturated rings. The standard InChI is InChI=1S/C20H18ClN3O2/c21-12-6-16(15-10-22-24-17(15)7-12)20(26)8-13-14(9-20)18(13)23-19(25)11-4-2-1-3-5-11/h1-7,10,13-14,18,26H,8-9H2,(H,22,24)(H,23,25). The number of halogens is 1. The minimum Gasteiger partial charge on any atom is -0.385 e. The number of aromatic amines is 1. The fourth-order valence-electron chi connectivity index (χ4n) is 4.52. The van der Waals surface area contributed by atoms with Crippen LogP contribution in [0.25, 0.3) is 10.9 Å². The zero-order valence-corrected chi connectivity index (χ0v) is 14.7. The van der Waals surface area contributed by atoms with E-state index >= 15 is 0 Å². The number of rotatable bonds is 3. The second-order valence-corrected chi connectivity index (χ2v) is 7.85. The summed E-state index contributed by atoms with van der Waals surface area (Å²) in [4.78, 5) is 12.3. The molecule has 2 saturated carbocycles. The van der Waals surface area contributed by atoms with Gasteiger partial charge in [-0.3, -0.25) is 9.89 Å². The first-order chi connectivity index (χ1) is 12.5. The molecule has 5 nitrogen and oxygen atoms in total. The highest BCUT2D eigenvalue weighted by molar-refractivity contribution is 6.31. The Morgan fingerprint density at radius 2 is 1.96 bits per heavy atom. The maximum Gasteiger partial charge on any atom is 0.251 e. The van der Waals surface area contributed by atoms with Crippen molar-refractivity contribution in [2.45, 2.75) is 24.5 Å². The zero-order valence-electron chi connectivity index (χ0n) is 13.9. The summed E-state index contributed by atoms with van der Waals surface area (Å²) < 4.78 is 0.